The van der Waals surface area contributed by atoms with Gasteiger partial charge in [-0.15, -0.1) is 0 Å². The van der Waals surface area contributed by atoms with E-state index in [2.05, 4.69) is 11.9 Å². The van der Waals surface area contributed by atoms with Gasteiger partial charge in [0.1, 0.15) is 0 Å². The highest BCUT2D eigenvalue weighted by Gasteiger charge is 2.19. The third-order valence-electron chi connectivity index (χ3n) is 3.34. The molecule has 0 amide bonds. The maximum absolute atomic E-state index is 10.2. The molecule has 1 aliphatic heterocycles. The molecule has 0 aromatic carbocycles. The summed E-state index contributed by atoms with van der Waals surface area (Å²) in [6, 6.07) is 0. The fourth-order valence-electron chi connectivity index (χ4n) is 2.40. The van der Waals surface area contributed by atoms with E-state index in [-0.39, 0.29) is 0 Å². The number of ether oxygens (including phenoxy) is 1. The van der Waals surface area contributed by atoms with Gasteiger partial charge in [0.05, 0.1) is 30.4 Å². The number of aromatic nitrogens is 2. The SMILES string of the molecule is CCCn1cncc1C(O)CCC1CCCO1. The predicted octanol–water partition coefficient (Wildman–Crippen LogP) is 2.29. The summed E-state index contributed by atoms with van der Waals surface area (Å²) in [7, 11) is 0. The smallest absolute Gasteiger partial charge is 0.0956 e. The van der Waals surface area contributed by atoms with Gasteiger partial charge in [-0.3, -0.25) is 0 Å². The number of aryl methyl sites for hydroxylation is 1. The van der Waals surface area contributed by atoms with E-state index in [9.17, 15) is 5.11 Å². The van der Waals surface area contributed by atoms with Crippen molar-refractivity contribution in [2.45, 2.75) is 57.8 Å². The fraction of sp³-hybridized carbons (Fsp3) is 0.769. The highest BCUT2D eigenvalue weighted by Crippen LogP contribution is 2.23. The number of rotatable bonds is 6. The molecule has 1 aromatic heterocycles. The molecule has 1 saturated heterocycles. The van der Waals surface area contributed by atoms with Gasteiger partial charge in [0.25, 0.3) is 0 Å². The number of nitrogens with zero attached hydrogens (tertiary/aromatic N) is 2. The average molecular weight is 238 g/mol. The molecule has 4 heteroatoms. The van der Waals surface area contributed by atoms with Crippen molar-refractivity contribution in [3.8, 4) is 0 Å². The monoisotopic (exact) mass is 238 g/mol. The summed E-state index contributed by atoms with van der Waals surface area (Å²) in [5.41, 5.74) is 0.935. The van der Waals surface area contributed by atoms with Crippen molar-refractivity contribution in [3.05, 3.63) is 18.2 Å². The highest BCUT2D eigenvalue weighted by atomic mass is 16.5. The minimum Gasteiger partial charge on any atom is -0.387 e. The quantitative estimate of drug-likeness (QED) is 0.827. The first-order chi connectivity index (χ1) is 8.31. The van der Waals surface area contributed by atoms with Crippen molar-refractivity contribution >= 4 is 0 Å². The van der Waals surface area contributed by atoms with Gasteiger partial charge in [-0.2, -0.15) is 0 Å². The van der Waals surface area contributed by atoms with Crippen LogP contribution in [-0.2, 0) is 11.3 Å². The second-order valence-corrected chi connectivity index (χ2v) is 4.74. The maximum atomic E-state index is 10.2. The van der Waals surface area contributed by atoms with Crippen molar-refractivity contribution in [2.75, 3.05) is 6.61 Å². The first kappa shape index (κ1) is 12.6. The van der Waals surface area contributed by atoms with Crippen LogP contribution in [0.25, 0.3) is 0 Å². The van der Waals surface area contributed by atoms with Crippen molar-refractivity contribution in [1.82, 2.24) is 9.55 Å². The number of imidazole rings is 1. The van der Waals surface area contributed by atoms with Gasteiger partial charge < -0.3 is 14.4 Å². The molecule has 2 heterocycles. The van der Waals surface area contributed by atoms with E-state index in [1.54, 1.807) is 12.5 Å². The summed E-state index contributed by atoms with van der Waals surface area (Å²) in [5.74, 6) is 0. The Morgan fingerprint density at radius 1 is 1.65 bits per heavy atom. The Bertz CT molecular complexity index is 332. The molecule has 1 aromatic rings. The van der Waals surface area contributed by atoms with Gasteiger partial charge in [0.2, 0.25) is 0 Å². The van der Waals surface area contributed by atoms with Crippen LogP contribution in [0.15, 0.2) is 12.5 Å². The molecule has 2 unspecified atom stereocenters. The van der Waals surface area contributed by atoms with Crippen LogP contribution in [0, 0.1) is 0 Å². The summed E-state index contributed by atoms with van der Waals surface area (Å²) < 4.78 is 7.61. The summed E-state index contributed by atoms with van der Waals surface area (Å²) in [5, 5.41) is 10.2. The van der Waals surface area contributed by atoms with Crippen LogP contribution in [-0.4, -0.2) is 27.4 Å². The van der Waals surface area contributed by atoms with Gasteiger partial charge in [0, 0.05) is 13.2 Å². The van der Waals surface area contributed by atoms with Crippen molar-refractivity contribution in [1.29, 1.82) is 0 Å². The molecule has 1 fully saturated rings. The molecule has 2 atom stereocenters. The van der Waals surface area contributed by atoms with Gasteiger partial charge in [-0.05, 0) is 32.1 Å². The van der Waals surface area contributed by atoms with Gasteiger partial charge >= 0.3 is 0 Å². The van der Waals surface area contributed by atoms with E-state index in [1.807, 2.05) is 4.57 Å². The molecule has 0 bridgehead atoms. The molecule has 17 heavy (non-hydrogen) atoms. The van der Waals surface area contributed by atoms with Crippen molar-refractivity contribution in [2.24, 2.45) is 0 Å². The van der Waals surface area contributed by atoms with Crippen LogP contribution in [0.3, 0.4) is 0 Å². The average Bonchev–Trinajstić information content (AvgIpc) is 2.97. The number of hydrogen-bond donors (Lipinski definition) is 1. The van der Waals surface area contributed by atoms with Gasteiger partial charge in [-0.25, -0.2) is 4.98 Å². The third-order valence-corrected chi connectivity index (χ3v) is 3.34. The Kier molecular flexibility index (Phi) is 4.57. The van der Waals surface area contributed by atoms with Crippen LogP contribution in [0.5, 0.6) is 0 Å². The van der Waals surface area contributed by atoms with Crippen LogP contribution < -0.4 is 0 Å². The van der Waals surface area contributed by atoms with E-state index in [1.165, 1.54) is 0 Å². The lowest BCUT2D eigenvalue weighted by Crippen LogP contribution is -2.11. The highest BCUT2D eigenvalue weighted by molar-refractivity contribution is 5.02. The van der Waals surface area contributed by atoms with Crippen molar-refractivity contribution < 1.29 is 9.84 Å². The van der Waals surface area contributed by atoms with E-state index in [0.29, 0.717) is 6.10 Å². The third kappa shape index (κ3) is 3.30. The zero-order chi connectivity index (χ0) is 12.1. The normalized spacial score (nSPS) is 21.9. The number of hydrogen-bond acceptors (Lipinski definition) is 3. The zero-order valence-electron chi connectivity index (χ0n) is 10.5. The zero-order valence-corrected chi connectivity index (χ0v) is 10.5. The topological polar surface area (TPSA) is 47.3 Å². The second kappa shape index (κ2) is 6.17. The number of aliphatic hydroxyl groups is 1. The Labute approximate surface area is 103 Å². The molecule has 1 aliphatic rings. The van der Waals surface area contributed by atoms with Crippen LogP contribution in [0.1, 0.15) is 50.8 Å². The summed E-state index contributed by atoms with van der Waals surface area (Å²) >= 11 is 0. The van der Waals surface area contributed by atoms with Gasteiger partial charge in [-0.1, -0.05) is 6.92 Å². The Morgan fingerprint density at radius 3 is 3.24 bits per heavy atom. The molecular weight excluding hydrogens is 216 g/mol. The molecular formula is C13H22N2O2. The molecule has 0 radical (unpaired) electrons. The summed E-state index contributed by atoms with van der Waals surface area (Å²) in [6.45, 7) is 3.93. The predicted molar refractivity (Wildman–Crippen MR) is 65.7 cm³/mol. The van der Waals surface area contributed by atoms with Crippen LogP contribution >= 0.6 is 0 Å². The Morgan fingerprint density at radius 2 is 2.53 bits per heavy atom. The molecule has 1 N–H and O–H groups in total. The van der Waals surface area contributed by atoms with E-state index in [4.69, 9.17) is 4.74 Å². The lowest BCUT2D eigenvalue weighted by molar-refractivity contribution is 0.0792. The fourth-order valence-corrected chi connectivity index (χ4v) is 2.40. The molecule has 4 nitrogen and oxygen atoms in total. The van der Waals surface area contributed by atoms with E-state index >= 15 is 0 Å². The minimum atomic E-state index is -0.409. The van der Waals surface area contributed by atoms with Gasteiger partial charge in [0.15, 0.2) is 0 Å². The second-order valence-electron chi connectivity index (χ2n) is 4.74. The first-order valence-corrected chi connectivity index (χ1v) is 6.61. The Balaban J connectivity index is 1.85. The lowest BCUT2D eigenvalue weighted by Gasteiger charge is -2.15. The minimum absolute atomic E-state index is 0.354. The number of aliphatic hydroxyl groups excluding tert-OH is 1. The largest absolute Gasteiger partial charge is 0.387 e. The van der Waals surface area contributed by atoms with E-state index < -0.39 is 6.10 Å². The molecule has 0 saturated carbocycles. The summed E-state index contributed by atoms with van der Waals surface area (Å²) in [6.07, 6.45) is 8.58. The van der Waals surface area contributed by atoms with Crippen LogP contribution in [0.4, 0.5) is 0 Å². The van der Waals surface area contributed by atoms with Crippen molar-refractivity contribution in [3.63, 3.8) is 0 Å². The lowest BCUT2D eigenvalue weighted by atomic mass is 10.1. The summed E-state index contributed by atoms with van der Waals surface area (Å²) in [4.78, 5) is 4.11. The Hall–Kier alpha value is -0.870. The molecule has 96 valence electrons. The standard InChI is InChI=1S/C13H22N2O2/c1-2-7-15-10-14-9-12(15)13(16)6-5-11-4-3-8-17-11/h9-11,13,16H,2-8H2,1H3. The molecule has 0 aliphatic carbocycles. The molecule has 0 spiro atoms. The first-order valence-electron chi connectivity index (χ1n) is 6.61. The molecule has 2 rings (SSSR count). The van der Waals surface area contributed by atoms with Crippen LogP contribution in [0.2, 0.25) is 0 Å². The maximum Gasteiger partial charge on any atom is 0.0956 e. The van der Waals surface area contributed by atoms with E-state index in [0.717, 1.165) is 50.9 Å².